The first kappa shape index (κ1) is 26.1. The molecule has 5 N–H and O–H groups in total. The number of rotatable bonds is 7. The molecule has 3 heterocycles. The van der Waals surface area contributed by atoms with Gasteiger partial charge in [0.2, 0.25) is 5.95 Å². The van der Waals surface area contributed by atoms with E-state index in [4.69, 9.17) is 11.1 Å². The molecule has 1 aromatic heterocycles. The number of benzene rings is 1. The molecular formula is C23H30F3N7O2S. The van der Waals surface area contributed by atoms with Crippen molar-refractivity contribution in [1.82, 2.24) is 9.97 Å². The van der Waals surface area contributed by atoms with Crippen LogP contribution in [0.15, 0.2) is 24.3 Å². The number of aromatic nitrogens is 2. The largest absolute Gasteiger partial charge is 0.416 e. The summed E-state index contributed by atoms with van der Waals surface area (Å²) < 4.78 is 63.3. The summed E-state index contributed by atoms with van der Waals surface area (Å²) in [5.74, 6) is 1.17. The molecule has 4 rings (SSSR count). The lowest BCUT2D eigenvalue weighted by molar-refractivity contribution is -0.137. The van der Waals surface area contributed by atoms with Crippen LogP contribution in [-0.4, -0.2) is 60.8 Å². The molecule has 0 bridgehead atoms. The summed E-state index contributed by atoms with van der Waals surface area (Å²) in [6.07, 6.45) is -2.63. The Balaban J connectivity index is 1.67. The van der Waals surface area contributed by atoms with Gasteiger partial charge in [-0.3, -0.25) is 0 Å². The number of halogens is 3. The maximum Gasteiger partial charge on any atom is 0.416 e. The standard InChI is InChI=1S/C23H30F3N7O2S/c1-22(2,28)15-12-33(13-15)20-18(11-27)19(29-17-5-3-4-14(10-17)23(24,25)26)31-21(32-20)30-16-6-8-36(34,35)9-7-16/h3-5,10-11,15-16,27H,6-9,12-13,28H2,1-2H3,(H2,29,30,31,32). The zero-order valence-corrected chi connectivity index (χ0v) is 20.9. The summed E-state index contributed by atoms with van der Waals surface area (Å²) in [5.41, 5.74) is 5.52. The van der Waals surface area contributed by atoms with Crippen LogP contribution in [0.5, 0.6) is 0 Å². The highest BCUT2D eigenvalue weighted by molar-refractivity contribution is 7.91. The fourth-order valence-electron chi connectivity index (χ4n) is 4.24. The molecule has 2 aliphatic rings. The molecule has 2 saturated heterocycles. The molecule has 1 aromatic carbocycles. The van der Waals surface area contributed by atoms with E-state index in [-0.39, 0.29) is 40.9 Å². The molecular weight excluding hydrogens is 495 g/mol. The zero-order chi connectivity index (χ0) is 26.3. The van der Waals surface area contributed by atoms with Crippen LogP contribution in [-0.2, 0) is 16.0 Å². The summed E-state index contributed by atoms with van der Waals surface area (Å²) >= 11 is 0. The molecule has 13 heteroatoms. The molecule has 36 heavy (non-hydrogen) atoms. The average Bonchev–Trinajstić information content (AvgIpc) is 2.73. The van der Waals surface area contributed by atoms with Crippen LogP contribution in [0.4, 0.5) is 36.4 Å². The van der Waals surface area contributed by atoms with Crippen molar-refractivity contribution in [3.05, 3.63) is 35.4 Å². The average molecular weight is 526 g/mol. The summed E-state index contributed by atoms with van der Waals surface area (Å²) in [7, 11) is -3.06. The third-order valence-electron chi connectivity index (χ3n) is 6.64. The Morgan fingerprint density at radius 3 is 2.42 bits per heavy atom. The number of sulfone groups is 1. The second-order valence-electron chi connectivity index (χ2n) is 9.97. The smallest absolute Gasteiger partial charge is 0.355 e. The van der Waals surface area contributed by atoms with E-state index in [0.29, 0.717) is 37.3 Å². The molecule has 9 nitrogen and oxygen atoms in total. The quantitative estimate of drug-likeness (QED) is 0.404. The van der Waals surface area contributed by atoms with Gasteiger partial charge in [0.1, 0.15) is 21.5 Å². The third kappa shape index (κ3) is 5.89. The van der Waals surface area contributed by atoms with Crippen LogP contribution in [0.25, 0.3) is 0 Å². The van der Waals surface area contributed by atoms with Gasteiger partial charge in [-0.15, -0.1) is 0 Å². The number of nitrogens with two attached hydrogens (primary N) is 1. The summed E-state index contributed by atoms with van der Waals surface area (Å²) in [6, 6.07) is 4.57. The van der Waals surface area contributed by atoms with Crippen molar-refractivity contribution in [2.24, 2.45) is 11.7 Å². The van der Waals surface area contributed by atoms with Gasteiger partial charge < -0.3 is 26.7 Å². The minimum absolute atomic E-state index is 0.0604. The fraction of sp³-hybridized carbons (Fsp3) is 0.522. The summed E-state index contributed by atoms with van der Waals surface area (Å²) in [4.78, 5) is 11.0. The minimum atomic E-state index is -4.51. The van der Waals surface area contributed by atoms with E-state index in [2.05, 4.69) is 20.6 Å². The highest BCUT2D eigenvalue weighted by atomic mass is 32.2. The first-order valence-corrected chi connectivity index (χ1v) is 13.4. The van der Waals surface area contributed by atoms with Crippen molar-refractivity contribution in [3.63, 3.8) is 0 Å². The normalized spacial score (nSPS) is 19.0. The molecule has 2 aliphatic heterocycles. The van der Waals surface area contributed by atoms with Gasteiger partial charge in [0.05, 0.1) is 22.6 Å². The van der Waals surface area contributed by atoms with E-state index < -0.39 is 27.1 Å². The van der Waals surface area contributed by atoms with Crippen LogP contribution in [0.1, 0.15) is 37.8 Å². The maximum absolute atomic E-state index is 13.2. The lowest BCUT2D eigenvalue weighted by Crippen LogP contribution is -2.59. The Kier molecular flexibility index (Phi) is 6.90. The van der Waals surface area contributed by atoms with Gasteiger partial charge in [-0.2, -0.15) is 23.1 Å². The van der Waals surface area contributed by atoms with E-state index in [9.17, 15) is 21.6 Å². The van der Waals surface area contributed by atoms with Gasteiger partial charge in [0.15, 0.2) is 0 Å². The van der Waals surface area contributed by atoms with Gasteiger partial charge in [-0.1, -0.05) is 6.07 Å². The maximum atomic E-state index is 13.2. The van der Waals surface area contributed by atoms with Crippen LogP contribution in [0.3, 0.4) is 0 Å². The Morgan fingerprint density at radius 2 is 1.83 bits per heavy atom. The van der Waals surface area contributed by atoms with Crippen molar-refractivity contribution in [1.29, 1.82) is 5.41 Å². The second-order valence-corrected chi connectivity index (χ2v) is 12.3. The molecule has 0 radical (unpaired) electrons. The predicted molar refractivity (Wildman–Crippen MR) is 134 cm³/mol. The minimum Gasteiger partial charge on any atom is -0.355 e. The van der Waals surface area contributed by atoms with E-state index in [1.54, 1.807) is 0 Å². The Labute approximate surface area is 208 Å². The van der Waals surface area contributed by atoms with Gasteiger partial charge in [0.25, 0.3) is 0 Å². The number of nitrogens with one attached hydrogen (secondary N) is 3. The number of anilines is 4. The van der Waals surface area contributed by atoms with Gasteiger partial charge in [0, 0.05) is 42.5 Å². The predicted octanol–water partition coefficient (Wildman–Crippen LogP) is 3.40. The molecule has 0 aliphatic carbocycles. The van der Waals surface area contributed by atoms with E-state index in [1.807, 2.05) is 18.7 Å². The van der Waals surface area contributed by atoms with Crippen LogP contribution >= 0.6 is 0 Å². The van der Waals surface area contributed by atoms with E-state index in [1.165, 1.54) is 12.1 Å². The lowest BCUT2D eigenvalue weighted by Gasteiger charge is -2.47. The number of hydrogen-bond donors (Lipinski definition) is 4. The first-order chi connectivity index (χ1) is 16.7. The first-order valence-electron chi connectivity index (χ1n) is 11.6. The molecule has 2 fully saturated rings. The van der Waals surface area contributed by atoms with Gasteiger partial charge in [-0.25, -0.2) is 8.42 Å². The molecule has 196 valence electrons. The van der Waals surface area contributed by atoms with Crippen molar-refractivity contribution >= 4 is 39.3 Å². The third-order valence-corrected chi connectivity index (χ3v) is 8.36. The van der Waals surface area contributed by atoms with Crippen LogP contribution in [0.2, 0.25) is 0 Å². The van der Waals surface area contributed by atoms with Crippen molar-refractivity contribution in [2.45, 2.75) is 44.4 Å². The molecule has 2 aromatic rings. The molecule has 0 atom stereocenters. The molecule has 0 amide bonds. The topological polar surface area (TPSA) is 137 Å². The van der Waals surface area contributed by atoms with Crippen molar-refractivity contribution in [2.75, 3.05) is 40.1 Å². The van der Waals surface area contributed by atoms with E-state index in [0.717, 1.165) is 18.3 Å². The van der Waals surface area contributed by atoms with Crippen molar-refractivity contribution < 1.29 is 21.6 Å². The van der Waals surface area contributed by atoms with Crippen molar-refractivity contribution in [3.8, 4) is 0 Å². The van der Waals surface area contributed by atoms with Gasteiger partial charge in [-0.05, 0) is 44.9 Å². The fourth-order valence-corrected chi connectivity index (χ4v) is 5.73. The van der Waals surface area contributed by atoms with E-state index >= 15 is 0 Å². The highest BCUT2D eigenvalue weighted by Crippen LogP contribution is 2.36. The number of nitrogens with zero attached hydrogens (tertiary/aromatic N) is 3. The lowest BCUT2D eigenvalue weighted by atomic mass is 9.82. The SMILES string of the molecule is CC(C)(N)C1CN(c2nc(NC3CCS(=O)(=O)CC3)nc(Nc3cccc(C(F)(F)F)c3)c2C=N)C1. The summed E-state index contributed by atoms with van der Waals surface area (Å²) in [5, 5.41) is 14.1. The molecule has 0 unspecified atom stereocenters. The Bertz CT molecular complexity index is 1230. The molecule has 0 saturated carbocycles. The van der Waals surface area contributed by atoms with Crippen LogP contribution < -0.4 is 21.3 Å². The monoisotopic (exact) mass is 525 g/mol. The Hall–Kier alpha value is -2.93. The summed E-state index contributed by atoms with van der Waals surface area (Å²) in [6.45, 7) is 5.09. The number of alkyl halides is 3. The second kappa shape index (κ2) is 9.51. The van der Waals surface area contributed by atoms with Gasteiger partial charge >= 0.3 is 6.18 Å². The molecule has 0 spiro atoms. The highest BCUT2D eigenvalue weighted by Gasteiger charge is 2.38. The zero-order valence-electron chi connectivity index (χ0n) is 20.1. The number of hydrogen-bond acceptors (Lipinski definition) is 9. The van der Waals surface area contributed by atoms with Crippen LogP contribution in [0, 0.1) is 11.3 Å². The Morgan fingerprint density at radius 1 is 1.17 bits per heavy atom.